The Hall–Kier alpha value is 0.960. The van der Waals surface area contributed by atoms with Crippen molar-refractivity contribution < 1.29 is 34.0 Å². The van der Waals surface area contributed by atoms with Crippen LogP contribution in [-0.4, -0.2) is 0 Å². The smallest absolute Gasteiger partial charge is 0.0269 e. The zero-order valence-electron chi connectivity index (χ0n) is 13.6. The van der Waals surface area contributed by atoms with E-state index in [4.69, 9.17) is 0 Å². The molecule has 0 radical (unpaired) electrons. The number of unbranched alkanes of at least 4 members (excludes halogenated alkanes) is 1. The fourth-order valence-corrected chi connectivity index (χ4v) is 4.82. The minimum Gasteiger partial charge on any atom is -1.00 e. The third kappa shape index (κ3) is 5.30. The summed E-state index contributed by atoms with van der Waals surface area (Å²) in [6.45, 7) is 5.04. The highest BCUT2D eigenvalue weighted by Crippen LogP contribution is 2.51. The fraction of sp³-hybridized carbons (Fsp3) is 1.00. The topological polar surface area (TPSA) is 0 Å². The Morgan fingerprint density at radius 1 is 0.750 bits per heavy atom. The highest BCUT2D eigenvalue weighted by molar-refractivity contribution is 4.91. The predicted molar refractivity (Wildman–Crippen MR) is 80.8 cm³/mol. The molecule has 0 aromatic heterocycles. The Balaban J connectivity index is 0.00000180. The van der Waals surface area contributed by atoms with Crippen LogP contribution in [0.4, 0.5) is 0 Å². The van der Waals surface area contributed by atoms with Gasteiger partial charge in [-0.25, -0.2) is 0 Å². The Labute approximate surface area is 148 Å². The third-order valence-electron chi connectivity index (χ3n) is 6.14. The van der Waals surface area contributed by atoms with E-state index in [0.29, 0.717) is 5.41 Å². The summed E-state index contributed by atoms with van der Waals surface area (Å²) in [6, 6.07) is 0. The first-order chi connectivity index (χ1) is 8.77. The molecule has 2 fully saturated rings. The van der Waals surface area contributed by atoms with E-state index in [0.717, 1.165) is 11.8 Å². The van der Waals surface area contributed by atoms with Gasteiger partial charge in [-0.3, -0.25) is 0 Å². The van der Waals surface area contributed by atoms with Crippen molar-refractivity contribution in [3.8, 4) is 0 Å². The van der Waals surface area contributed by atoms with Gasteiger partial charge in [0.15, 0.2) is 0 Å². The van der Waals surface area contributed by atoms with Gasteiger partial charge in [0.1, 0.15) is 0 Å². The molecule has 2 saturated carbocycles. The van der Waals surface area contributed by atoms with Crippen molar-refractivity contribution in [1.82, 2.24) is 0 Å². The molecule has 2 aliphatic rings. The van der Waals surface area contributed by atoms with Crippen molar-refractivity contribution in [2.24, 2.45) is 17.3 Å². The summed E-state index contributed by atoms with van der Waals surface area (Å²) < 4.78 is 0. The number of rotatable bonds is 5. The van der Waals surface area contributed by atoms with Crippen LogP contribution in [0.1, 0.15) is 97.3 Å². The highest BCUT2D eigenvalue weighted by Gasteiger charge is 2.40. The second-order valence-corrected chi connectivity index (χ2v) is 7.28. The molecule has 122 valence electrons. The van der Waals surface area contributed by atoms with Gasteiger partial charge >= 0.3 is 0 Å². The van der Waals surface area contributed by atoms with Gasteiger partial charge < -0.3 is 34.0 Å². The van der Waals surface area contributed by atoms with Crippen molar-refractivity contribution in [2.75, 3.05) is 0 Å². The van der Waals surface area contributed by atoms with Gasteiger partial charge in [-0.1, -0.05) is 65.2 Å². The van der Waals surface area contributed by atoms with Crippen LogP contribution in [0.25, 0.3) is 0 Å². The van der Waals surface area contributed by atoms with E-state index < -0.39 is 0 Å². The van der Waals surface area contributed by atoms with E-state index in [-0.39, 0.29) is 34.0 Å². The summed E-state index contributed by atoms with van der Waals surface area (Å²) >= 11 is 0. The zero-order valence-corrected chi connectivity index (χ0v) is 16.8. The first-order valence-corrected chi connectivity index (χ1v) is 8.77. The maximum Gasteiger partial charge on any atom is -0.0269 e. The monoisotopic (exact) mass is 408 g/mol. The summed E-state index contributed by atoms with van der Waals surface area (Å²) in [6.07, 6.45) is 19.6. The summed E-state index contributed by atoms with van der Waals surface area (Å²) in [7, 11) is 0. The molecule has 0 aromatic rings. The van der Waals surface area contributed by atoms with Crippen LogP contribution < -0.4 is 34.0 Å². The second kappa shape index (κ2) is 10.6. The molecule has 0 aromatic carbocycles. The molecule has 0 bridgehead atoms. The minimum atomic E-state index is 0. The molecule has 0 N–H and O–H groups in total. The minimum absolute atomic E-state index is 0. The molecular formula is C18H34Br2-2. The third-order valence-corrected chi connectivity index (χ3v) is 6.14. The van der Waals surface area contributed by atoms with Crippen LogP contribution in [0.5, 0.6) is 0 Å². The van der Waals surface area contributed by atoms with Gasteiger partial charge in [0.25, 0.3) is 0 Å². The predicted octanol–water partition coefficient (Wildman–Crippen LogP) is 0.352. The molecule has 0 unspecified atom stereocenters. The van der Waals surface area contributed by atoms with Gasteiger partial charge in [-0.05, 0) is 49.4 Å². The van der Waals surface area contributed by atoms with Gasteiger partial charge in [-0.15, -0.1) is 0 Å². The number of halogens is 2. The van der Waals surface area contributed by atoms with Crippen molar-refractivity contribution in [3.63, 3.8) is 0 Å². The van der Waals surface area contributed by atoms with E-state index in [1.165, 1.54) is 83.5 Å². The molecule has 0 aliphatic heterocycles. The quantitative estimate of drug-likeness (QED) is 0.614. The Bertz CT molecular complexity index is 210. The largest absolute Gasteiger partial charge is 1.00 e. The summed E-state index contributed by atoms with van der Waals surface area (Å²) in [5, 5.41) is 0. The molecule has 2 aliphatic carbocycles. The van der Waals surface area contributed by atoms with Crippen molar-refractivity contribution >= 4 is 0 Å². The van der Waals surface area contributed by atoms with E-state index in [2.05, 4.69) is 13.8 Å². The lowest BCUT2D eigenvalue weighted by molar-refractivity contribution is -0.00100. The highest BCUT2D eigenvalue weighted by atomic mass is 79.9. The first kappa shape index (κ1) is 21.0. The van der Waals surface area contributed by atoms with Crippen molar-refractivity contribution in [3.05, 3.63) is 0 Å². The van der Waals surface area contributed by atoms with Crippen LogP contribution in [0.2, 0.25) is 0 Å². The van der Waals surface area contributed by atoms with Crippen LogP contribution in [0.15, 0.2) is 0 Å². The van der Waals surface area contributed by atoms with Gasteiger partial charge in [0.05, 0.1) is 0 Å². The van der Waals surface area contributed by atoms with E-state index >= 15 is 0 Å². The van der Waals surface area contributed by atoms with Gasteiger partial charge in [-0.2, -0.15) is 0 Å². The molecule has 0 atom stereocenters. The number of hydrogen-bond acceptors (Lipinski definition) is 0. The maximum absolute atomic E-state index is 2.68. The van der Waals surface area contributed by atoms with Crippen molar-refractivity contribution in [2.45, 2.75) is 97.3 Å². The number of hydrogen-bond donors (Lipinski definition) is 0. The normalized spacial score (nSPS) is 21.9. The zero-order chi connectivity index (χ0) is 12.8. The first-order valence-electron chi connectivity index (χ1n) is 8.77. The van der Waals surface area contributed by atoms with Crippen LogP contribution in [0.3, 0.4) is 0 Å². The van der Waals surface area contributed by atoms with Gasteiger partial charge in [0.2, 0.25) is 0 Å². The van der Waals surface area contributed by atoms with E-state index in [1.54, 1.807) is 0 Å². The Morgan fingerprint density at radius 3 is 1.50 bits per heavy atom. The van der Waals surface area contributed by atoms with Crippen LogP contribution in [0, 0.1) is 17.3 Å². The Kier molecular flexibility index (Phi) is 11.2. The van der Waals surface area contributed by atoms with E-state index in [1.807, 2.05) is 0 Å². The maximum atomic E-state index is 2.68. The Morgan fingerprint density at radius 2 is 1.15 bits per heavy atom. The molecular weight excluding hydrogens is 376 g/mol. The second-order valence-electron chi connectivity index (χ2n) is 7.28. The van der Waals surface area contributed by atoms with Gasteiger partial charge in [0, 0.05) is 0 Å². The lowest BCUT2D eigenvalue weighted by Crippen LogP contribution is -3.00. The summed E-state index contributed by atoms with van der Waals surface area (Å²) in [5.74, 6) is 2.11. The van der Waals surface area contributed by atoms with Crippen LogP contribution >= 0.6 is 0 Å². The summed E-state index contributed by atoms with van der Waals surface area (Å²) in [5.41, 5.74) is 0.691. The molecule has 2 heteroatoms. The van der Waals surface area contributed by atoms with E-state index in [9.17, 15) is 0 Å². The van der Waals surface area contributed by atoms with Crippen molar-refractivity contribution in [1.29, 1.82) is 0 Å². The average Bonchev–Trinajstić information content (AvgIpc) is 2.46. The SMILES string of the molecule is CCCCC(C)(C1CCCCC1)C1CCCCC1.[Br-].[Br-]. The molecule has 0 saturated heterocycles. The molecule has 0 amide bonds. The average molecular weight is 410 g/mol. The van der Waals surface area contributed by atoms with Crippen LogP contribution in [-0.2, 0) is 0 Å². The standard InChI is InChI=1S/C18H34.2BrH/c1-3-4-15-18(2,16-11-7-5-8-12-16)17-13-9-6-10-14-17;;/h16-17H,3-15H2,1-2H3;2*1H/p-2. The summed E-state index contributed by atoms with van der Waals surface area (Å²) in [4.78, 5) is 0. The molecule has 0 heterocycles. The lowest BCUT2D eigenvalue weighted by atomic mass is 9.58. The lowest BCUT2D eigenvalue weighted by Gasteiger charge is -2.47. The molecule has 2 rings (SSSR count). The molecule has 0 spiro atoms. The fourth-order valence-electron chi connectivity index (χ4n) is 4.82. The molecule has 20 heavy (non-hydrogen) atoms. The molecule has 0 nitrogen and oxygen atoms in total.